The van der Waals surface area contributed by atoms with Crippen LogP contribution in [0, 0.1) is 0 Å². The fourth-order valence-corrected chi connectivity index (χ4v) is 4.75. The molecular formula is C20H22ClN2O3S+. The summed E-state index contributed by atoms with van der Waals surface area (Å²) in [6.45, 7) is 2.17. The molecule has 0 spiro atoms. The zero-order valence-corrected chi connectivity index (χ0v) is 16.5. The van der Waals surface area contributed by atoms with Gasteiger partial charge in [-0.05, 0) is 31.2 Å². The molecule has 0 fully saturated rings. The van der Waals surface area contributed by atoms with E-state index in [9.17, 15) is 13.2 Å². The lowest BCUT2D eigenvalue weighted by molar-refractivity contribution is -0.682. The highest BCUT2D eigenvalue weighted by molar-refractivity contribution is 7.94. The molecule has 0 unspecified atom stereocenters. The van der Waals surface area contributed by atoms with Crippen molar-refractivity contribution in [2.75, 3.05) is 17.2 Å². The highest BCUT2D eigenvalue weighted by Crippen LogP contribution is 2.23. The second-order valence-corrected chi connectivity index (χ2v) is 8.91. The van der Waals surface area contributed by atoms with Gasteiger partial charge in [-0.3, -0.25) is 9.69 Å². The van der Waals surface area contributed by atoms with Crippen LogP contribution in [0.1, 0.15) is 18.5 Å². The molecule has 0 aliphatic carbocycles. The average Bonchev–Trinajstić information content (AvgIpc) is 3.00. The number of anilines is 1. The minimum absolute atomic E-state index is 0.00289. The minimum atomic E-state index is -3.26. The summed E-state index contributed by atoms with van der Waals surface area (Å²) in [5.74, 6) is -0.236. The quantitative estimate of drug-likeness (QED) is 0.801. The molecule has 0 aromatic heterocycles. The van der Waals surface area contributed by atoms with Gasteiger partial charge in [0.15, 0.2) is 16.4 Å². The lowest BCUT2D eigenvalue weighted by Crippen LogP contribution is -2.87. The molecule has 0 bridgehead atoms. The number of carbonyl (C=O) groups is 1. The first-order valence-corrected chi connectivity index (χ1v) is 10.8. The Bertz CT molecular complexity index is 945. The van der Waals surface area contributed by atoms with Gasteiger partial charge in [-0.15, -0.1) is 0 Å². The fraction of sp³-hybridized carbons (Fsp3) is 0.250. The Morgan fingerprint density at radius 1 is 1.19 bits per heavy atom. The van der Waals surface area contributed by atoms with Crippen molar-refractivity contribution in [2.45, 2.75) is 19.0 Å². The van der Waals surface area contributed by atoms with Crippen LogP contribution < -0.4 is 10.2 Å². The van der Waals surface area contributed by atoms with Crippen molar-refractivity contribution in [2.24, 2.45) is 0 Å². The summed E-state index contributed by atoms with van der Waals surface area (Å²) in [4.78, 5) is 14.6. The number of halogens is 1. The molecule has 1 amide bonds. The Labute approximate surface area is 164 Å². The van der Waals surface area contributed by atoms with E-state index in [1.807, 2.05) is 66.8 Å². The normalized spacial score (nSPS) is 19.0. The maximum absolute atomic E-state index is 13.0. The summed E-state index contributed by atoms with van der Waals surface area (Å²) in [6.07, 6.45) is 1.58. The molecule has 2 aromatic carbocycles. The molecule has 3 rings (SSSR count). The Hall–Kier alpha value is -2.15. The number of para-hydroxylation sites is 1. The summed E-state index contributed by atoms with van der Waals surface area (Å²) in [6, 6.07) is 16.2. The van der Waals surface area contributed by atoms with Crippen molar-refractivity contribution in [1.82, 2.24) is 0 Å². The topological polar surface area (TPSA) is 71.1 Å². The van der Waals surface area contributed by atoms with E-state index in [1.165, 1.54) is 5.41 Å². The van der Waals surface area contributed by atoms with E-state index in [1.54, 1.807) is 11.0 Å². The van der Waals surface area contributed by atoms with Gasteiger partial charge in [-0.1, -0.05) is 48.0 Å². The molecule has 27 heavy (non-hydrogen) atoms. The van der Waals surface area contributed by atoms with Crippen molar-refractivity contribution in [3.8, 4) is 0 Å². The molecule has 0 radical (unpaired) electrons. The van der Waals surface area contributed by atoms with Crippen LogP contribution in [0.3, 0.4) is 0 Å². The number of carbonyl (C=O) groups excluding carboxylic acids is 1. The van der Waals surface area contributed by atoms with Gasteiger partial charge < -0.3 is 5.32 Å². The third-order valence-electron chi connectivity index (χ3n) is 4.59. The van der Waals surface area contributed by atoms with E-state index in [2.05, 4.69) is 0 Å². The van der Waals surface area contributed by atoms with Gasteiger partial charge in [-0.2, -0.15) is 0 Å². The van der Waals surface area contributed by atoms with E-state index in [0.717, 1.165) is 5.56 Å². The van der Waals surface area contributed by atoms with Crippen LogP contribution in [0.4, 0.5) is 5.69 Å². The van der Waals surface area contributed by atoms with Crippen molar-refractivity contribution in [3.05, 3.63) is 76.7 Å². The molecule has 2 N–H and O–H groups in total. The smallest absolute Gasteiger partial charge is 0.282 e. The molecular weight excluding hydrogens is 384 g/mol. The first kappa shape index (κ1) is 19.6. The molecule has 1 heterocycles. The van der Waals surface area contributed by atoms with Gasteiger partial charge in [0.25, 0.3) is 5.91 Å². The van der Waals surface area contributed by atoms with Crippen molar-refractivity contribution >= 4 is 33.0 Å². The third-order valence-corrected chi connectivity index (χ3v) is 6.31. The van der Waals surface area contributed by atoms with E-state index in [-0.39, 0.29) is 24.2 Å². The summed E-state index contributed by atoms with van der Waals surface area (Å²) in [7, 11) is -3.26. The minimum Gasteiger partial charge on any atom is -0.332 e. The monoisotopic (exact) mass is 405 g/mol. The van der Waals surface area contributed by atoms with Crippen molar-refractivity contribution in [1.29, 1.82) is 0 Å². The van der Waals surface area contributed by atoms with Crippen LogP contribution in [-0.4, -0.2) is 32.7 Å². The maximum atomic E-state index is 13.0. The third kappa shape index (κ3) is 4.77. The molecule has 0 saturated heterocycles. The molecule has 142 valence electrons. The Kier molecular flexibility index (Phi) is 5.99. The van der Waals surface area contributed by atoms with Gasteiger partial charge in [0.05, 0.1) is 11.8 Å². The predicted molar refractivity (Wildman–Crippen MR) is 107 cm³/mol. The molecule has 0 saturated carbocycles. The van der Waals surface area contributed by atoms with Gasteiger partial charge in [0.2, 0.25) is 0 Å². The summed E-state index contributed by atoms with van der Waals surface area (Å²) < 4.78 is 23.7. The van der Waals surface area contributed by atoms with Gasteiger partial charge in [0, 0.05) is 21.7 Å². The number of nitrogens with zero attached hydrogens (tertiary/aromatic N) is 1. The van der Waals surface area contributed by atoms with Gasteiger partial charge in [0.1, 0.15) is 6.04 Å². The van der Waals surface area contributed by atoms with Crippen molar-refractivity contribution < 1.29 is 18.5 Å². The molecule has 1 aliphatic rings. The van der Waals surface area contributed by atoms with Crippen LogP contribution in [0.5, 0.6) is 0 Å². The van der Waals surface area contributed by atoms with E-state index in [0.29, 0.717) is 10.7 Å². The van der Waals surface area contributed by atoms with Crippen LogP contribution >= 0.6 is 11.6 Å². The Morgan fingerprint density at radius 2 is 1.85 bits per heavy atom. The lowest BCUT2D eigenvalue weighted by Gasteiger charge is -2.27. The molecule has 5 nitrogen and oxygen atoms in total. The summed E-state index contributed by atoms with van der Waals surface area (Å²) in [5.41, 5.74) is 1.65. The summed E-state index contributed by atoms with van der Waals surface area (Å²) >= 11 is 6.24. The zero-order chi connectivity index (χ0) is 19.4. The van der Waals surface area contributed by atoms with E-state index in [4.69, 9.17) is 11.6 Å². The number of hydrogen-bond donors (Lipinski definition) is 1. The predicted octanol–water partition coefficient (Wildman–Crippen LogP) is 2.31. The number of nitrogens with two attached hydrogens (primary N) is 1. The van der Waals surface area contributed by atoms with Crippen molar-refractivity contribution in [3.63, 3.8) is 0 Å². The zero-order valence-electron chi connectivity index (χ0n) is 15.0. The molecule has 2 aromatic rings. The highest BCUT2D eigenvalue weighted by atomic mass is 35.5. The Morgan fingerprint density at radius 3 is 2.48 bits per heavy atom. The number of rotatable bonds is 6. The highest BCUT2D eigenvalue weighted by Gasteiger charge is 2.32. The second kappa shape index (κ2) is 8.25. The van der Waals surface area contributed by atoms with Crippen LogP contribution in [0.2, 0.25) is 5.02 Å². The van der Waals surface area contributed by atoms with Crippen LogP contribution in [-0.2, 0) is 14.6 Å². The lowest BCUT2D eigenvalue weighted by atomic mass is 10.1. The second-order valence-electron chi connectivity index (χ2n) is 6.57. The number of amides is 1. The standard InChI is InChI=1S/C20H21ClN2O3S/c1-15(18-9-5-6-10-19(18)21)22-13-20(24)23(16-7-3-2-4-8-16)17-11-12-27(25,26)14-17/h2-12,15,17,22H,13-14H2,1H3/p+1/t15-,17-/m0/s1. The largest absolute Gasteiger partial charge is 0.332 e. The number of sulfone groups is 1. The SMILES string of the molecule is C[C@H]([NH2+]CC(=O)N(c1ccccc1)[C@H]1C=CS(=O)(=O)C1)c1ccccc1Cl. The maximum Gasteiger partial charge on any atom is 0.282 e. The Balaban J connectivity index is 1.76. The van der Waals surface area contributed by atoms with Gasteiger partial charge in [-0.25, -0.2) is 8.42 Å². The number of hydrogen-bond acceptors (Lipinski definition) is 3. The molecule has 2 atom stereocenters. The van der Waals surface area contributed by atoms with E-state index < -0.39 is 15.9 Å². The fourth-order valence-electron chi connectivity index (χ4n) is 3.18. The first-order chi connectivity index (χ1) is 12.9. The van der Waals surface area contributed by atoms with Gasteiger partial charge >= 0.3 is 0 Å². The first-order valence-electron chi connectivity index (χ1n) is 8.73. The van der Waals surface area contributed by atoms with Crippen LogP contribution in [0.25, 0.3) is 0 Å². The van der Waals surface area contributed by atoms with E-state index >= 15 is 0 Å². The van der Waals surface area contributed by atoms with Crippen LogP contribution in [0.15, 0.2) is 66.1 Å². The average molecular weight is 406 g/mol. The molecule has 7 heteroatoms. The summed E-state index contributed by atoms with van der Waals surface area (Å²) in [5, 5.41) is 3.77. The number of benzene rings is 2. The molecule has 1 aliphatic heterocycles. The number of quaternary nitrogens is 1.